The molecule has 92 valence electrons. The number of halogens is 1. The Morgan fingerprint density at radius 1 is 1.53 bits per heavy atom. The predicted molar refractivity (Wildman–Crippen MR) is 64.7 cm³/mol. The molecule has 1 heterocycles. The van der Waals surface area contributed by atoms with Crippen LogP contribution in [-0.2, 0) is 9.59 Å². The molecule has 0 unspecified atom stereocenters. The van der Waals surface area contributed by atoms with Crippen LogP contribution < -0.4 is 16.0 Å². The van der Waals surface area contributed by atoms with Crippen LogP contribution in [0.1, 0.15) is 0 Å². The van der Waals surface area contributed by atoms with Crippen LogP contribution in [0.4, 0.5) is 5.82 Å². The van der Waals surface area contributed by atoms with Crippen molar-refractivity contribution in [2.45, 2.75) is 0 Å². The molecular weight excluding hydrogens is 244 g/mol. The Kier molecular flexibility index (Phi) is 4.71. The summed E-state index contributed by atoms with van der Waals surface area (Å²) in [7, 11) is 1.71. The molecule has 7 heteroatoms. The van der Waals surface area contributed by atoms with Crippen LogP contribution in [0.2, 0.25) is 5.02 Å². The van der Waals surface area contributed by atoms with Crippen LogP contribution in [0.5, 0.6) is 0 Å². The van der Waals surface area contributed by atoms with Crippen LogP contribution in [0.3, 0.4) is 0 Å². The number of nitrogens with two attached hydrogens (primary N) is 1. The molecule has 0 radical (unpaired) electrons. The lowest BCUT2D eigenvalue weighted by Gasteiger charge is -2.17. The van der Waals surface area contributed by atoms with E-state index in [2.05, 4.69) is 10.3 Å². The van der Waals surface area contributed by atoms with Gasteiger partial charge in [0.15, 0.2) is 0 Å². The van der Waals surface area contributed by atoms with Crippen LogP contribution in [0.15, 0.2) is 18.3 Å². The van der Waals surface area contributed by atoms with Crippen molar-refractivity contribution in [2.24, 2.45) is 5.73 Å². The minimum atomic E-state index is -0.578. The van der Waals surface area contributed by atoms with Crippen molar-refractivity contribution in [3.8, 4) is 0 Å². The first-order valence-electron chi connectivity index (χ1n) is 4.86. The molecule has 6 nitrogen and oxygen atoms in total. The molecular formula is C10H13ClN4O2. The minimum Gasteiger partial charge on any atom is -0.368 e. The van der Waals surface area contributed by atoms with E-state index in [1.807, 2.05) is 0 Å². The Morgan fingerprint density at radius 3 is 2.76 bits per heavy atom. The van der Waals surface area contributed by atoms with Crippen LogP contribution >= 0.6 is 11.6 Å². The molecule has 0 saturated heterocycles. The Labute approximate surface area is 104 Å². The van der Waals surface area contributed by atoms with Gasteiger partial charge in [0, 0.05) is 13.2 Å². The number of carbonyl (C=O) groups excluding carboxylic acids is 2. The van der Waals surface area contributed by atoms with Gasteiger partial charge < -0.3 is 16.0 Å². The van der Waals surface area contributed by atoms with Gasteiger partial charge in [-0.1, -0.05) is 11.6 Å². The number of carbonyl (C=O) groups is 2. The zero-order valence-corrected chi connectivity index (χ0v) is 10.1. The number of hydrogen-bond acceptors (Lipinski definition) is 4. The highest BCUT2D eigenvalue weighted by Crippen LogP contribution is 2.12. The fraction of sp³-hybridized carbons (Fsp3) is 0.300. The second kappa shape index (κ2) is 6.05. The van der Waals surface area contributed by atoms with Crippen molar-refractivity contribution in [3.05, 3.63) is 23.4 Å². The lowest BCUT2D eigenvalue weighted by atomic mass is 10.4. The topological polar surface area (TPSA) is 88.3 Å². The lowest BCUT2D eigenvalue weighted by molar-refractivity contribution is -0.123. The van der Waals surface area contributed by atoms with E-state index < -0.39 is 5.91 Å². The zero-order chi connectivity index (χ0) is 12.8. The van der Waals surface area contributed by atoms with Gasteiger partial charge in [0.2, 0.25) is 11.8 Å². The number of nitrogens with zero attached hydrogens (tertiary/aromatic N) is 2. The Balaban J connectivity index is 2.48. The molecule has 1 aromatic rings. The fourth-order valence-electron chi connectivity index (χ4n) is 1.13. The van der Waals surface area contributed by atoms with Crippen molar-refractivity contribution in [1.82, 2.24) is 10.3 Å². The van der Waals surface area contributed by atoms with E-state index in [1.54, 1.807) is 24.1 Å². The van der Waals surface area contributed by atoms with E-state index in [1.165, 1.54) is 6.20 Å². The van der Waals surface area contributed by atoms with Gasteiger partial charge in [-0.25, -0.2) is 4.98 Å². The summed E-state index contributed by atoms with van der Waals surface area (Å²) in [5.74, 6) is -0.266. The summed E-state index contributed by atoms with van der Waals surface area (Å²) in [4.78, 5) is 27.5. The molecule has 0 aliphatic heterocycles. The molecule has 0 aliphatic carbocycles. The molecule has 0 bridgehead atoms. The Bertz CT molecular complexity index is 407. The van der Waals surface area contributed by atoms with Crippen molar-refractivity contribution in [3.63, 3.8) is 0 Å². The summed E-state index contributed by atoms with van der Waals surface area (Å²) in [6.45, 7) is -0.0807. The first-order valence-corrected chi connectivity index (χ1v) is 5.24. The largest absolute Gasteiger partial charge is 0.368 e. The normalized spacial score (nSPS) is 9.76. The Hall–Kier alpha value is -1.82. The zero-order valence-electron chi connectivity index (χ0n) is 9.31. The van der Waals surface area contributed by atoms with Crippen molar-refractivity contribution in [2.75, 3.05) is 25.0 Å². The third-order valence-electron chi connectivity index (χ3n) is 1.94. The van der Waals surface area contributed by atoms with Crippen molar-refractivity contribution in [1.29, 1.82) is 0 Å². The highest BCUT2D eigenvalue weighted by atomic mass is 35.5. The number of hydrogen-bond donors (Lipinski definition) is 2. The second-order valence-corrected chi connectivity index (χ2v) is 3.87. The van der Waals surface area contributed by atoms with Gasteiger partial charge in [-0.15, -0.1) is 0 Å². The highest BCUT2D eigenvalue weighted by Gasteiger charge is 2.08. The standard InChI is InChI=1S/C10H13ClN4O2/c1-15(6-10(17)14-5-8(12)16)9-3-2-7(11)4-13-9/h2-4H,5-6H2,1H3,(H2,12,16)(H,14,17). The van der Waals surface area contributed by atoms with E-state index in [-0.39, 0.29) is 19.0 Å². The van der Waals surface area contributed by atoms with Gasteiger partial charge in [0.25, 0.3) is 0 Å². The summed E-state index contributed by atoms with van der Waals surface area (Å²) < 4.78 is 0. The molecule has 0 aromatic carbocycles. The van der Waals surface area contributed by atoms with E-state index in [9.17, 15) is 9.59 Å². The van der Waals surface area contributed by atoms with Crippen LogP contribution in [-0.4, -0.2) is 36.9 Å². The number of likely N-dealkylation sites (N-methyl/N-ethyl adjacent to an activating group) is 1. The number of nitrogens with one attached hydrogen (secondary N) is 1. The van der Waals surface area contributed by atoms with Gasteiger partial charge in [0.1, 0.15) is 5.82 Å². The fourth-order valence-corrected chi connectivity index (χ4v) is 1.24. The molecule has 3 N–H and O–H groups in total. The molecule has 2 amide bonds. The molecule has 0 fully saturated rings. The highest BCUT2D eigenvalue weighted by molar-refractivity contribution is 6.30. The summed E-state index contributed by atoms with van der Waals surface area (Å²) in [5, 5.41) is 2.91. The van der Waals surface area contributed by atoms with E-state index in [0.29, 0.717) is 10.8 Å². The van der Waals surface area contributed by atoms with Crippen molar-refractivity contribution >= 4 is 29.2 Å². The number of pyridine rings is 1. The molecule has 0 atom stereocenters. The monoisotopic (exact) mass is 256 g/mol. The first-order chi connectivity index (χ1) is 7.99. The Morgan fingerprint density at radius 2 is 2.24 bits per heavy atom. The second-order valence-electron chi connectivity index (χ2n) is 3.43. The third-order valence-corrected chi connectivity index (χ3v) is 2.17. The number of amides is 2. The molecule has 1 rings (SSSR count). The van der Waals surface area contributed by atoms with Gasteiger partial charge in [0.05, 0.1) is 18.1 Å². The maximum absolute atomic E-state index is 11.4. The van der Waals surface area contributed by atoms with E-state index in [4.69, 9.17) is 17.3 Å². The SMILES string of the molecule is CN(CC(=O)NCC(N)=O)c1ccc(Cl)cn1. The smallest absolute Gasteiger partial charge is 0.239 e. The van der Waals surface area contributed by atoms with Crippen LogP contribution in [0.25, 0.3) is 0 Å². The summed E-state index contributed by atoms with van der Waals surface area (Å²) >= 11 is 5.69. The van der Waals surface area contributed by atoms with Crippen LogP contribution in [0, 0.1) is 0 Å². The maximum atomic E-state index is 11.4. The molecule has 0 aliphatic rings. The first kappa shape index (κ1) is 13.2. The lowest BCUT2D eigenvalue weighted by Crippen LogP contribution is -2.39. The predicted octanol–water partition coefficient (Wildman–Crippen LogP) is -0.227. The van der Waals surface area contributed by atoms with Gasteiger partial charge >= 0.3 is 0 Å². The van der Waals surface area contributed by atoms with Gasteiger partial charge in [-0.2, -0.15) is 0 Å². The minimum absolute atomic E-state index is 0.0852. The van der Waals surface area contributed by atoms with Crippen molar-refractivity contribution < 1.29 is 9.59 Å². The van der Waals surface area contributed by atoms with Gasteiger partial charge in [-0.05, 0) is 12.1 Å². The maximum Gasteiger partial charge on any atom is 0.239 e. The molecule has 1 aromatic heterocycles. The summed E-state index contributed by atoms with van der Waals surface area (Å²) in [6, 6.07) is 3.38. The summed E-state index contributed by atoms with van der Waals surface area (Å²) in [6.07, 6.45) is 1.49. The average molecular weight is 257 g/mol. The van der Waals surface area contributed by atoms with E-state index in [0.717, 1.165) is 0 Å². The number of primary amides is 1. The number of aromatic nitrogens is 1. The summed E-state index contributed by atoms with van der Waals surface area (Å²) in [5.41, 5.74) is 4.91. The number of anilines is 1. The molecule has 0 spiro atoms. The quantitative estimate of drug-likeness (QED) is 0.762. The molecule has 17 heavy (non-hydrogen) atoms. The average Bonchev–Trinajstić information content (AvgIpc) is 2.27. The third kappa shape index (κ3) is 4.69. The molecule has 0 saturated carbocycles. The number of rotatable bonds is 5. The van der Waals surface area contributed by atoms with E-state index >= 15 is 0 Å². The van der Waals surface area contributed by atoms with Gasteiger partial charge in [-0.3, -0.25) is 9.59 Å².